The molecule has 5 heteroatoms. The molecule has 1 aliphatic heterocycles. The van der Waals surface area contributed by atoms with Crippen LogP contribution in [-0.4, -0.2) is 16.6 Å². The van der Waals surface area contributed by atoms with E-state index in [1.165, 1.54) is 0 Å². The van der Waals surface area contributed by atoms with Crippen molar-refractivity contribution in [3.63, 3.8) is 0 Å². The molecular formula is C13H12N2O2S. The third-order valence-corrected chi connectivity index (χ3v) is 3.94. The van der Waals surface area contributed by atoms with Gasteiger partial charge in [0.05, 0.1) is 5.75 Å². The van der Waals surface area contributed by atoms with Gasteiger partial charge in [0.15, 0.2) is 0 Å². The van der Waals surface area contributed by atoms with Gasteiger partial charge in [-0.05, 0) is 31.2 Å². The van der Waals surface area contributed by atoms with E-state index >= 15 is 0 Å². The molecule has 1 unspecified atom stereocenters. The molecule has 92 valence electrons. The molecule has 2 aromatic rings. The summed E-state index contributed by atoms with van der Waals surface area (Å²) >= 11 is 1.56. The van der Waals surface area contributed by atoms with Crippen LogP contribution in [0.5, 0.6) is 0 Å². The average molecular weight is 260 g/mol. The summed E-state index contributed by atoms with van der Waals surface area (Å²) in [6.07, 6.45) is 1.69. The first kappa shape index (κ1) is 11.3. The fourth-order valence-electron chi connectivity index (χ4n) is 1.96. The lowest BCUT2D eigenvalue weighted by Crippen LogP contribution is -2.28. The van der Waals surface area contributed by atoms with Crippen molar-refractivity contribution in [3.05, 3.63) is 48.0 Å². The summed E-state index contributed by atoms with van der Waals surface area (Å²) < 4.78 is 5.62. The fraction of sp³-hybridized carbons (Fsp3) is 0.231. The number of carbonyl (C=O) groups is 1. The minimum Gasteiger partial charge on any atom is -0.463 e. The number of amides is 1. The van der Waals surface area contributed by atoms with E-state index in [4.69, 9.17) is 4.42 Å². The topological polar surface area (TPSA) is 46.3 Å². The second kappa shape index (κ2) is 4.49. The molecular weight excluding hydrogens is 248 g/mol. The maximum atomic E-state index is 12.0. The number of nitrogens with zero attached hydrogens (tertiary/aromatic N) is 2. The van der Waals surface area contributed by atoms with Crippen LogP contribution in [0.2, 0.25) is 0 Å². The van der Waals surface area contributed by atoms with Crippen LogP contribution in [0.25, 0.3) is 0 Å². The van der Waals surface area contributed by atoms with Gasteiger partial charge in [-0.25, -0.2) is 4.98 Å². The maximum absolute atomic E-state index is 12.0. The van der Waals surface area contributed by atoms with Gasteiger partial charge in [-0.15, -0.1) is 11.8 Å². The zero-order valence-electron chi connectivity index (χ0n) is 9.87. The molecule has 4 nitrogen and oxygen atoms in total. The van der Waals surface area contributed by atoms with Crippen LogP contribution >= 0.6 is 11.8 Å². The number of thioether (sulfide) groups is 1. The summed E-state index contributed by atoms with van der Waals surface area (Å²) in [6.45, 7) is 1.90. The van der Waals surface area contributed by atoms with Gasteiger partial charge in [-0.3, -0.25) is 9.69 Å². The van der Waals surface area contributed by atoms with E-state index in [1.807, 2.05) is 37.3 Å². The van der Waals surface area contributed by atoms with E-state index in [9.17, 15) is 4.79 Å². The van der Waals surface area contributed by atoms with E-state index in [2.05, 4.69) is 4.98 Å². The minimum atomic E-state index is -0.110. The van der Waals surface area contributed by atoms with Crippen LogP contribution in [0, 0.1) is 6.92 Å². The normalized spacial score (nSPS) is 19.5. The third kappa shape index (κ3) is 1.90. The highest BCUT2D eigenvalue weighted by Crippen LogP contribution is 2.41. The van der Waals surface area contributed by atoms with E-state index in [0.717, 1.165) is 11.5 Å². The summed E-state index contributed by atoms with van der Waals surface area (Å²) in [5.74, 6) is 2.85. The molecule has 3 heterocycles. The number of hydrogen-bond acceptors (Lipinski definition) is 4. The quantitative estimate of drug-likeness (QED) is 0.833. The van der Waals surface area contributed by atoms with Crippen LogP contribution in [0.4, 0.5) is 5.82 Å². The Bertz CT molecular complexity index is 567. The zero-order valence-corrected chi connectivity index (χ0v) is 10.7. The van der Waals surface area contributed by atoms with Crippen molar-refractivity contribution in [2.24, 2.45) is 0 Å². The highest BCUT2D eigenvalue weighted by Gasteiger charge is 2.36. The number of aryl methyl sites for hydroxylation is 1. The maximum Gasteiger partial charge on any atom is 0.239 e. The molecule has 1 aliphatic rings. The van der Waals surface area contributed by atoms with E-state index in [1.54, 1.807) is 22.9 Å². The second-order valence-electron chi connectivity index (χ2n) is 4.06. The van der Waals surface area contributed by atoms with Crippen LogP contribution in [-0.2, 0) is 4.79 Å². The van der Waals surface area contributed by atoms with Crippen LogP contribution in [0.1, 0.15) is 16.9 Å². The number of furan rings is 1. The lowest BCUT2D eigenvalue weighted by molar-refractivity contribution is -0.115. The molecule has 1 amide bonds. The zero-order chi connectivity index (χ0) is 12.5. The third-order valence-electron chi connectivity index (χ3n) is 2.77. The van der Waals surface area contributed by atoms with Crippen molar-refractivity contribution in [1.82, 2.24) is 4.98 Å². The van der Waals surface area contributed by atoms with Gasteiger partial charge in [-0.2, -0.15) is 0 Å². The molecule has 0 saturated carbocycles. The average Bonchev–Trinajstić information content (AvgIpc) is 2.96. The molecule has 0 radical (unpaired) electrons. The van der Waals surface area contributed by atoms with Gasteiger partial charge < -0.3 is 4.42 Å². The van der Waals surface area contributed by atoms with Gasteiger partial charge in [0, 0.05) is 6.20 Å². The predicted molar refractivity (Wildman–Crippen MR) is 70.4 cm³/mol. The SMILES string of the molecule is Cc1ccc(C2SCC(=O)N2c2ccccn2)o1. The molecule has 0 aromatic carbocycles. The Balaban J connectivity index is 1.98. The molecule has 0 N–H and O–H groups in total. The molecule has 0 bridgehead atoms. The van der Waals surface area contributed by atoms with Crippen LogP contribution in [0.15, 0.2) is 40.9 Å². The predicted octanol–water partition coefficient (Wildman–Crippen LogP) is 2.76. The molecule has 0 aliphatic carbocycles. The van der Waals surface area contributed by atoms with Gasteiger partial charge >= 0.3 is 0 Å². The summed E-state index contributed by atoms with van der Waals surface area (Å²) in [7, 11) is 0. The van der Waals surface area contributed by atoms with Gasteiger partial charge in [0.2, 0.25) is 5.91 Å². The summed E-state index contributed by atoms with van der Waals surface area (Å²) in [4.78, 5) is 17.9. The van der Waals surface area contributed by atoms with Gasteiger partial charge in [-0.1, -0.05) is 6.07 Å². The molecule has 3 rings (SSSR count). The van der Waals surface area contributed by atoms with Crippen molar-refractivity contribution >= 4 is 23.5 Å². The standard InChI is InChI=1S/C13H12N2O2S/c1-9-5-6-10(17-9)13-15(12(16)8-18-13)11-4-2-3-7-14-11/h2-7,13H,8H2,1H3. The number of aromatic nitrogens is 1. The Labute approximate surface area is 109 Å². The molecule has 1 fully saturated rings. The number of rotatable bonds is 2. The Hall–Kier alpha value is -1.75. The summed E-state index contributed by atoms with van der Waals surface area (Å²) in [5, 5.41) is -0.110. The largest absolute Gasteiger partial charge is 0.463 e. The second-order valence-corrected chi connectivity index (χ2v) is 5.13. The number of hydrogen-bond donors (Lipinski definition) is 0. The Morgan fingerprint density at radius 1 is 1.39 bits per heavy atom. The summed E-state index contributed by atoms with van der Waals surface area (Å²) in [6, 6.07) is 9.38. The number of pyridine rings is 1. The van der Waals surface area contributed by atoms with E-state index in [0.29, 0.717) is 11.6 Å². The van der Waals surface area contributed by atoms with Crippen molar-refractivity contribution in [2.45, 2.75) is 12.3 Å². The molecule has 1 saturated heterocycles. The molecule has 1 atom stereocenters. The highest BCUT2D eigenvalue weighted by molar-refractivity contribution is 8.00. The monoisotopic (exact) mass is 260 g/mol. The van der Waals surface area contributed by atoms with Crippen LogP contribution in [0.3, 0.4) is 0 Å². The van der Waals surface area contributed by atoms with Gasteiger partial charge in [0.1, 0.15) is 22.7 Å². The first-order chi connectivity index (χ1) is 8.75. The Kier molecular flexibility index (Phi) is 2.83. The first-order valence-corrected chi connectivity index (χ1v) is 6.71. The van der Waals surface area contributed by atoms with E-state index in [-0.39, 0.29) is 11.3 Å². The van der Waals surface area contributed by atoms with Crippen LogP contribution < -0.4 is 4.90 Å². The van der Waals surface area contributed by atoms with Crippen molar-refractivity contribution in [2.75, 3.05) is 10.7 Å². The smallest absolute Gasteiger partial charge is 0.239 e. The summed E-state index contributed by atoms with van der Waals surface area (Å²) in [5.41, 5.74) is 0. The van der Waals surface area contributed by atoms with Crippen molar-refractivity contribution in [1.29, 1.82) is 0 Å². The number of anilines is 1. The molecule has 18 heavy (non-hydrogen) atoms. The Morgan fingerprint density at radius 3 is 2.94 bits per heavy atom. The number of carbonyl (C=O) groups excluding carboxylic acids is 1. The molecule has 0 spiro atoms. The molecule has 2 aromatic heterocycles. The van der Waals surface area contributed by atoms with Crippen molar-refractivity contribution < 1.29 is 9.21 Å². The minimum absolute atomic E-state index is 0.0674. The Morgan fingerprint density at radius 2 is 2.28 bits per heavy atom. The first-order valence-electron chi connectivity index (χ1n) is 5.67. The fourth-order valence-corrected chi connectivity index (χ4v) is 3.07. The highest BCUT2D eigenvalue weighted by atomic mass is 32.2. The van der Waals surface area contributed by atoms with Gasteiger partial charge in [0.25, 0.3) is 0 Å². The van der Waals surface area contributed by atoms with E-state index < -0.39 is 0 Å². The lowest BCUT2D eigenvalue weighted by atomic mass is 10.3. The lowest BCUT2D eigenvalue weighted by Gasteiger charge is -2.20. The van der Waals surface area contributed by atoms with Crippen molar-refractivity contribution in [3.8, 4) is 0 Å².